The zero-order chi connectivity index (χ0) is 13.1. The quantitative estimate of drug-likeness (QED) is 0.687. The first-order valence-electron chi connectivity index (χ1n) is 5.26. The number of hydrogen-bond acceptors (Lipinski definition) is 4. The number of sulfonamides is 1. The molecule has 0 bridgehead atoms. The minimum absolute atomic E-state index is 0.476. The molecule has 1 aromatic rings. The molecule has 0 aliphatic carbocycles. The minimum atomic E-state index is -3.21. The highest BCUT2D eigenvalue weighted by Crippen LogP contribution is 2.13. The van der Waals surface area contributed by atoms with E-state index in [1.807, 2.05) is 26.0 Å². The van der Waals surface area contributed by atoms with Crippen LogP contribution >= 0.6 is 0 Å². The molecule has 1 aromatic carbocycles. The molecule has 4 N–H and O–H groups in total. The van der Waals surface area contributed by atoms with Gasteiger partial charge in [0.05, 0.1) is 6.26 Å². The lowest BCUT2D eigenvalue weighted by Gasteiger charge is -2.25. The van der Waals surface area contributed by atoms with Gasteiger partial charge in [-0.2, -0.15) is 0 Å². The highest BCUT2D eigenvalue weighted by atomic mass is 32.2. The molecule has 0 aliphatic rings. The second-order valence-electron chi connectivity index (χ2n) is 4.74. The number of rotatable bonds is 5. The summed E-state index contributed by atoms with van der Waals surface area (Å²) in [4.78, 5) is 0. The van der Waals surface area contributed by atoms with E-state index in [1.54, 1.807) is 12.1 Å². The minimum Gasteiger partial charge on any atom is -0.399 e. The van der Waals surface area contributed by atoms with Crippen LogP contribution < -0.4 is 15.8 Å². The number of nitrogens with one attached hydrogen (secondary N) is 2. The molecule has 6 heteroatoms. The number of nitrogens with two attached hydrogens (primary N) is 1. The highest BCUT2D eigenvalue weighted by molar-refractivity contribution is 7.88. The van der Waals surface area contributed by atoms with Gasteiger partial charge in [0.1, 0.15) is 0 Å². The van der Waals surface area contributed by atoms with Crippen LogP contribution in [0.15, 0.2) is 24.3 Å². The smallest absolute Gasteiger partial charge is 0.209 e. The number of hydrogen-bond donors (Lipinski definition) is 3. The molecule has 0 heterocycles. The van der Waals surface area contributed by atoms with E-state index in [0.717, 1.165) is 11.9 Å². The van der Waals surface area contributed by atoms with Crippen molar-refractivity contribution in [1.29, 1.82) is 0 Å². The average Bonchev–Trinajstić information content (AvgIpc) is 2.11. The van der Waals surface area contributed by atoms with Crippen LogP contribution in [0.1, 0.15) is 13.8 Å². The van der Waals surface area contributed by atoms with Crippen LogP contribution in [-0.2, 0) is 10.0 Å². The molecule has 1 rings (SSSR count). The molecule has 0 saturated carbocycles. The second kappa shape index (κ2) is 4.93. The predicted octanol–water partition coefficient (Wildman–Crippen LogP) is 1.01. The van der Waals surface area contributed by atoms with E-state index in [9.17, 15) is 8.42 Å². The molecule has 0 aliphatic heterocycles. The zero-order valence-corrected chi connectivity index (χ0v) is 11.1. The standard InChI is InChI=1S/C11H19N3O2S/c1-11(2,14-17(3,15)16)8-13-10-6-4-5-9(12)7-10/h4-7,13-14H,8,12H2,1-3H3. The molecule has 17 heavy (non-hydrogen) atoms. The fraction of sp³-hybridized carbons (Fsp3) is 0.455. The summed E-state index contributed by atoms with van der Waals surface area (Å²) in [6, 6.07) is 7.32. The lowest BCUT2D eigenvalue weighted by atomic mass is 10.1. The van der Waals surface area contributed by atoms with Gasteiger partial charge in [-0.3, -0.25) is 0 Å². The third-order valence-corrected chi connectivity index (χ3v) is 3.01. The number of benzene rings is 1. The predicted molar refractivity (Wildman–Crippen MR) is 71.4 cm³/mol. The van der Waals surface area contributed by atoms with Crippen LogP contribution in [0.3, 0.4) is 0 Å². The first kappa shape index (κ1) is 13.8. The Balaban J connectivity index is 2.61. The van der Waals surface area contributed by atoms with Crippen molar-refractivity contribution < 1.29 is 8.42 Å². The van der Waals surface area contributed by atoms with E-state index in [4.69, 9.17) is 5.73 Å². The van der Waals surface area contributed by atoms with Gasteiger partial charge in [-0.25, -0.2) is 13.1 Å². The summed E-state index contributed by atoms with van der Waals surface area (Å²) in [5, 5.41) is 3.14. The van der Waals surface area contributed by atoms with Gasteiger partial charge in [-0.05, 0) is 32.0 Å². The maximum absolute atomic E-state index is 11.2. The molecule has 5 nitrogen and oxygen atoms in total. The van der Waals surface area contributed by atoms with Gasteiger partial charge < -0.3 is 11.1 Å². The second-order valence-corrected chi connectivity index (χ2v) is 6.49. The molecular formula is C11H19N3O2S. The molecule has 0 amide bonds. The molecule has 0 saturated heterocycles. The van der Waals surface area contributed by atoms with Crippen LogP contribution in [0.5, 0.6) is 0 Å². The Morgan fingerprint density at radius 1 is 1.35 bits per heavy atom. The summed E-state index contributed by atoms with van der Waals surface area (Å²) in [6.45, 7) is 4.10. The molecule has 0 aromatic heterocycles. The Labute approximate surface area is 102 Å². The van der Waals surface area contributed by atoms with Crippen molar-refractivity contribution in [2.24, 2.45) is 0 Å². The molecule has 96 valence electrons. The summed E-state index contributed by atoms with van der Waals surface area (Å²) < 4.78 is 24.9. The average molecular weight is 257 g/mol. The Morgan fingerprint density at radius 2 is 2.00 bits per heavy atom. The monoisotopic (exact) mass is 257 g/mol. The highest BCUT2D eigenvalue weighted by Gasteiger charge is 2.21. The Hall–Kier alpha value is -1.27. The van der Waals surface area contributed by atoms with E-state index in [1.165, 1.54) is 0 Å². The van der Waals surface area contributed by atoms with Crippen LogP contribution in [0.4, 0.5) is 11.4 Å². The topological polar surface area (TPSA) is 84.2 Å². The zero-order valence-electron chi connectivity index (χ0n) is 10.3. The molecule has 0 fully saturated rings. The van der Waals surface area contributed by atoms with Crippen molar-refractivity contribution in [2.75, 3.05) is 23.9 Å². The maximum Gasteiger partial charge on any atom is 0.209 e. The third kappa shape index (κ3) is 5.55. The van der Waals surface area contributed by atoms with Gasteiger partial charge in [-0.15, -0.1) is 0 Å². The van der Waals surface area contributed by atoms with Gasteiger partial charge in [0.15, 0.2) is 0 Å². The van der Waals surface area contributed by atoms with Gasteiger partial charge in [0, 0.05) is 23.5 Å². The normalized spacial score (nSPS) is 12.4. The fourth-order valence-electron chi connectivity index (χ4n) is 1.51. The third-order valence-electron chi connectivity index (χ3n) is 2.08. The van der Waals surface area contributed by atoms with Gasteiger partial charge in [-0.1, -0.05) is 6.07 Å². The fourth-order valence-corrected chi connectivity index (χ4v) is 2.59. The van der Waals surface area contributed by atoms with Crippen molar-refractivity contribution in [1.82, 2.24) is 4.72 Å². The number of anilines is 2. The lowest BCUT2D eigenvalue weighted by molar-refractivity contribution is 0.476. The first-order chi connectivity index (χ1) is 7.68. The van der Waals surface area contributed by atoms with Gasteiger partial charge in [0.25, 0.3) is 0 Å². The van der Waals surface area contributed by atoms with E-state index < -0.39 is 15.6 Å². The summed E-state index contributed by atoms with van der Waals surface area (Å²) >= 11 is 0. The van der Waals surface area contributed by atoms with E-state index >= 15 is 0 Å². The summed E-state index contributed by atoms with van der Waals surface area (Å²) in [5.74, 6) is 0. The summed E-state index contributed by atoms with van der Waals surface area (Å²) in [7, 11) is -3.21. The van der Waals surface area contributed by atoms with Crippen LogP contribution in [0.2, 0.25) is 0 Å². The van der Waals surface area contributed by atoms with Crippen LogP contribution in [0.25, 0.3) is 0 Å². The van der Waals surface area contributed by atoms with E-state index in [-0.39, 0.29) is 0 Å². The Kier molecular flexibility index (Phi) is 4.00. The number of nitrogen functional groups attached to an aromatic ring is 1. The lowest BCUT2D eigenvalue weighted by Crippen LogP contribution is -2.47. The van der Waals surface area contributed by atoms with E-state index in [0.29, 0.717) is 12.2 Å². The Morgan fingerprint density at radius 3 is 2.53 bits per heavy atom. The van der Waals surface area contributed by atoms with Gasteiger partial charge in [0.2, 0.25) is 10.0 Å². The van der Waals surface area contributed by atoms with E-state index in [2.05, 4.69) is 10.0 Å². The van der Waals surface area contributed by atoms with Gasteiger partial charge >= 0.3 is 0 Å². The summed E-state index contributed by atoms with van der Waals surface area (Å²) in [5.41, 5.74) is 6.63. The summed E-state index contributed by atoms with van der Waals surface area (Å²) in [6.07, 6.45) is 1.15. The van der Waals surface area contributed by atoms with Crippen molar-refractivity contribution in [3.63, 3.8) is 0 Å². The Bertz CT molecular complexity index is 483. The SMILES string of the molecule is CC(C)(CNc1cccc(N)c1)NS(C)(=O)=O. The van der Waals surface area contributed by atoms with Crippen molar-refractivity contribution >= 4 is 21.4 Å². The molecular weight excluding hydrogens is 238 g/mol. The molecule has 0 atom stereocenters. The van der Waals surface area contributed by atoms with Crippen LogP contribution in [-0.4, -0.2) is 26.8 Å². The largest absolute Gasteiger partial charge is 0.399 e. The van der Waals surface area contributed by atoms with Crippen molar-refractivity contribution in [3.8, 4) is 0 Å². The molecule has 0 unspecified atom stereocenters. The molecule has 0 radical (unpaired) electrons. The first-order valence-corrected chi connectivity index (χ1v) is 7.15. The van der Waals surface area contributed by atoms with Crippen molar-refractivity contribution in [2.45, 2.75) is 19.4 Å². The molecule has 0 spiro atoms. The van der Waals surface area contributed by atoms with Crippen molar-refractivity contribution in [3.05, 3.63) is 24.3 Å². The van der Waals surface area contributed by atoms with Crippen LogP contribution in [0, 0.1) is 0 Å². The maximum atomic E-state index is 11.2.